The predicted molar refractivity (Wildman–Crippen MR) is 106 cm³/mol. The minimum absolute atomic E-state index is 0.0543. The van der Waals surface area contributed by atoms with Crippen LogP contribution in [0.15, 0.2) is 0 Å². The van der Waals surface area contributed by atoms with Gasteiger partial charge in [0, 0.05) is 13.0 Å². The Bertz CT molecular complexity index is 493. The highest BCUT2D eigenvalue weighted by atomic mass is 16.5. The van der Waals surface area contributed by atoms with Gasteiger partial charge in [0.25, 0.3) is 0 Å². The van der Waals surface area contributed by atoms with Crippen LogP contribution in [0, 0.1) is 35.5 Å². The lowest BCUT2D eigenvalue weighted by Gasteiger charge is -2.51. The first-order valence-corrected chi connectivity index (χ1v) is 11.4. The normalized spacial score (nSPS) is 42.1. The summed E-state index contributed by atoms with van der Waals surface area (Å²) >= 11 is 0. The van der Waals surface area contributed by atoms with Crippen molar-refractivity contribution in [2.75, 3.05) is 20.3 Å². The number of rotatable bonds is 8. The summed E-state index contributed by atoms with van der Waals surface area (Å²) in [6.45, 7) is 2.45. The third-order valence-electron chi connectivity index (χ3n) is 8.16. The van der Waals surface area contributed by atoms with Crippen molar-refractivity contribution in [3.05, 3.63) is 0 Å². The quantitative estimate of drug-likeness (QED) is 0.668. The molecule has 3 fully saturated rings. The molecule has 0 saturated heterocycles. The van der Waals surface area contributed by atoms with E-state index in [9.17, 15) is 15.0 Å². The number of ketones is 1. The number of aliphatic hydroxyl groups is 2. The van der Waals surface area contributed by atoms with Gasteiger partial charge in [-0.3, -0.25) is 4.79 Å². The average Bonchev–Trinajstić information content (AvgIpc) is 3.15. The fraction of sp³-hybridized carbons (Fsp3) is 0.957. The van der Waals surface area contributed by atoms with E-state index in [4.69, 9.17) is 4.74 Å². The van der Waals surface area contributed by atoms with Crippen molar-refractivity contribution in [1.29, 1.82) is 0 Å². The number of carbonyl (C=O) groups is 1. The summed E-state index contributed by atoms with van der Waals surface area (Å²) in [7, 11) is 1.69. The van der Waals surface area contributed by atoms with Crippen LogP contribution >= 0.6 is 0 Å². The zero-order valence-corrected chi connectivity index (χ0v) is 17.4. The van der Waals surface area contributed by atoms with E-state index in [1.54, 1.807) is 7.11 Å². The first-order chi connectivity index (χ1) is 13.0. The molecule has 0 unspecified atom stereocenters. The van der Waals surface area contributed by atoms with Gasteiger partial charge in [0.2, 0.25) is 0 Å². The maximum atomic E-state index is 12.0. The van der Waals surface area contributed by atoms with Gasteiger partial charge in [-0.1, -0.05) is 19.8 Å². The minimum Gasteiger partial charge on any atom is -0.389 e. The third kappa shape index (κ3) is 4.76. The molecule has 156 valence electrons. The molecule has 0 spiro atoms. The van der Waals surface area contributed by atoms with Gasteiger partial charge < -0.3 is 14.9 Å². The first-order valence-electron chi connectivity index (χ1n) is 11.4. The second-order valence-electron chi connectivity index (χ2n) is 9.77. The number of Topliss-reactive ketones (excluding diaryl/α,β-unsaturated/α-hetero) is 1. The molecular formula is C23H40O4. The molecule has 4 nitrogen and oxygen atoms in total. The lowest BCUT2D eigenvalue weighted by molar-refractivity contribution is -0.125. The number of aliphatic hydroxyl groups excluding tert-OH is 1. The first kappa shape index (κ1) is 21.3. The minimum atomic E-state index is -0.621. The van der Waals surface area contributed by atoms with Crippen LogP contribution in [0.2, 0.25) is 0 Å². The second kappa shape index (κ2) is 9.37. The van der Waals surface area contributed by atoms with Gasteiger partial charge >= 0.3 is 0 Å². The van der Waals surface area contributed by atoms with Gasteiger partial charge in [-0.15, -0.1) is 0 Å². The van der Waals surface area contributed by atoms with Crippen molar-refractivity contribution >= 4 is 5.78 Å². The molecule has 0 aromatic heterocycles. The van der Waals surface area contributed by atoms with Gasteiger partial charge in [0.1, 0.15) is 6.61 Å². The van der Waals surface area contributed by atoms with Gasteiger partial charge in [0.15, 0.2) is 5.78 Å². The molecule has 0 radical (unpaired) electrons. The molecule has 3 saturated carbocycles. The van der Waals surface area contributed by atoms with E-state index >= 15 is 0 Å². The Morgan fingerprint density at radius 2 is 1.85 bits per heavy atom. The number of carbonyl (C=O) groups excluding carboxylic acids is 1. The Labute approximate surface area is 165 Å². The van der Waals surface area contributed by atoms with Gasteiger partial charge in [-0.05, 0) is 87.4 Å². The summed E-state index contributed by atoms with van der Waals surface area (Å²) in [5.74, 6) is 3.68. The average molecular weight is 381 g/mol. The molecule has 3 aliphatic carbocycles. The molecule has 0 heterocycles. The van der Waals surface area contributed by atoms with Gasteiger partial charge in [-0.2, -0.15) is 0 Å². The Morgan fingerprint density at radius 1 is 1.11 bits per heavy atom. The maximum Gasteiger partial charge on any atom is 0.161 e. The maximum absolute atomic E-state index is 12.0. The number of unbranched alkanes of at least 4 members (excludes halogenated alkanes) is 1. The molecule has 0 amide bonds. The molecule has 4 heteroatoms. The largest absolute Gasteiger partial charge is 0.389 e. The topological polar surface area (TPSA) is 66.8 Å². The fourth-order valence-electron chi connectivity index (χ4n) is 6.91. The van der Waals surface area contributed by atoms with E-state index in [1.165, 1.54) is 32.1 Å². The highest BCUT2D eigenvalue weighted by Gasteiger charge is 2.48. The van der Waals surface area contributed by atoms with Crippen LogP contribution in [0.3, 0.4) is 0 Å². The molecule has 3 aliphatic rings. The van der Waals surface area contributed by atoms with E-state index in [2.05, 4.69) is 6.92 Å². The molecule has 3 rings (SSSR count). The van der Waals surface area contributed by atoms with E-state index < -0.39 is 5.60 Å². The van der Waals surface area contributed by atoms with E-state index in [-0.39, 0.29) is 18.3 Å². The Hall–Kier alpha value is -0.450. The zero-order valence-electron chi connectivity index (χ0n) is 17.4. The lowest BCUT2D eigenvalue weighted by Crippen LogP contribution is -2.48. The van der Waals surface area contributed by atoms with Crippen LogP contribution in [0.4, 0.5) is 0 Å². The third-order valence-corrected chi connectivity index (χ3v) is 8.16. The second-order valence-corrected chi connectivity index (χ2v) is 9.77. The van der Waals surface area contributed by atoms with Crippen LogP contribution in [-0.4, -0.2) is 41.9 Å². The smallest absolute Gasteiger partial charge is 0.161 e. The molecule has 27 heavy (non-hydrogen) atoms. The summed E-state index contributed by atoms with van der Waals surface area (Å²) in [6, 6.07) is 0. The van der Waals surface area contributed by atoms with E-state index in [1.807, 2.05) is 0 Å². The molecule has 0 bridgehead atoms. The molecule has 0 aromatic rings. The molecule has 0 aromatic carbocycles. The van der Waals surface area contributed by atoms with Gasteiger partial charge in [0.05, 0.1) is 12.2 Å². The van der Waals surface area contributed by atoms with Crippen LogP contribution in [0.1, 0.15) is 77.6 Å². The number of fused-ring (bicyclic) bond motifs is 1. The van der Waals surface area contributed by atoms with Crippen molar-refractivity contribution in [2.45, 2.75) is 83.2 Å². The van der Waals surface area contributed by atoms with Crippen LogP contribution in [0.25, 0.3) is 0 Å². The summed E-state index contributed by atoms with van der Waals surface area (Å²) in [5, 5.41) is 20.1. The van der Waals surface area contributed by atoms with Gasteiger partial charge in [-0.25, -0.2) is 0 Å². The summed E-state index contributed by atoms with van der Waals surface area (Å²) < 4.78 is 5.30. The van der Waals surface area contributed by atoms with Crippen molar-refractivity contribution in [3.8, 4) is 0 Å². The van der Waals surface area contributed by atoms with Crippen molar-refractivity contribution in [3.63, 3.8) is 0 Å². The summed E-state index contributed by atoms with van der Waals surface area (Å²) in [5.41, 5.74) is -0.621. The van der Waals surface area contributed by atoms with Crippen LogP contribution in [0.5, 0.6) is 0 Å². The fourth-order valence-corrected chi connectivity index (χ4v) is 6.91. The molecular weight excluding hydrogens is 340 g/mol. The standard InChI is InChI=1S/C23H40O4/c1-3-4-5-21-19(16-6-7-17(12-16)22(25)14-24)9-8-18-13-23(26,15-27-2)11-10-20(18)21/h16-21,24,26H,3-15H2,1-2H3/t16-,17+,18-,19+,20+,21+,23-/m1/s1. The van der Waals surface area contributed by atoms with Crippen LogP contribution < -0.4 is 0 Å². The molecule has 2 N–H and O–H groups in total. The lowest BCUT2D eigenvalue weighted by atomic mass is 9.55. The number of ether oxygens (including phenoxy) is 1. The highest BCUT2D eigenvalue weighted by molar-refractivity contribution is 5.82. The summed E-state index contributed by atoms with van der Waals surface area (Å²) in [4.78, 5) is 12.0. The van der Waals surface area contributed by atoms with Crippen molar-refractivity contribution < 1.29 is 19.7 Å². The number of hydrogen-bond acceptors (Lipinski definition) is 4. The number of methoxy groups -OCH3 is 1. The van der Waals surface area contributed by atoms with E-state index in [0.29, 0.717) is 18.4 Å². The number of hydrogen-bond donors (Lipinski definition) is 2. The Balaban J connectivity index is 1.69. The van der Waals surface area contributed by atoms with Crippen molar-refractivity contribution in [2.24, 2.45) is 35.5 Å². The summed E-state index contributed by atoms with van der Waals surface area (Å²) in [6.07, 6.45) is 12.3. The Morgan fingerprint density at radius 3 is 2.56 bits per heavy atom. The Kier molecular flexibility index (Phi) is 7.38. The molecule has 0 aliphatic heterocycles. The van der Waals surface area contributed by atoms with Crippen LogP contribution in [-0.2, 0) is 9.53 Å². The zero-order chi connectivity index (χ0) is 19.4. The van der Waals surface area contributed by atoms with Crippen molar-refractivity contribution in [1.82, 2.24) is 0 Å². The monoisotopic (exact) mass is 380 g/mol. The predicted octanol–water partition coefficient (Wildman–Crippen LogP) is 3.97. The SMILES string of the molecule is CCCC[C@H]1[C@H]([C@@H]2CC[C@H](C(=O)CO)C2)CC[C@@H]2C[C@@](O)(COC)CC[C@@H]21. The highest BCUT2D eigenvalue weighted by Crippen LogP contribution is 2.54. The molecule has 7 atom stereocenters. The van der Waals surface area contributed by atoms with E-state index in [0.717, 1.165) is 56.3 Å².